The molecule has 0 fully saturated rings. The van der Waals surface area contributed by atoms with Gasteiger partial charge in [0.15, 0.2) is 0 Å². The van der Waals surface area contributed by atoms with Crippen LogP contribution in [0.4, 0.5) is 5.69 Å². The van der Waals surface area contributed by atoms with Crippen molar-refractivity contribution in [3.8, 4) is 11.5 Å². The summed E-state index contributed by atoms with van der Waals surface area (Å²) in [4.78, 5) is 23.6. The number of benzene rings is 3. The summed E-state index contributed by atoms with van der Waals surface area (Å²) in [5, 5.41) is 2.84. The number of carbonyl (C=O) groups is 2. The average molecular weight is 404 g/mol. The molecule has 0 saturated heterocycles. The Labute approximate surface area is 175 Å². The number of hydrogen-bond donors (Lipinski definition) is 2. The van der Waals surface area contributed by atoms with Crippen molar-refractivity contribution < 1.29 is 19.1 Å². The number of ether oxygens (including phenoxy) is 2. The van der Waals surface area contributed by atoms with Gasteiger partial charge in [-0.15, -0.1) is 0 Å². The lowest BCUT2D eigenvalue weighted by Crippen LogP contribution is -2.16. The normalized spacial score (nSPS) is 10.3. The molecule has 0 radical (unpaired) electrons. The van der Waals surface area contributed by atoms with Crippen molar-refractivity contribution in [2.75, 3.05) is 11.9 Å². The largest absolute Gasteiger partial charge is 0.491 e. The predicted molar refractivity (Wildman–Crippen MR) is 116 cm³/mol. The summed E-state index contributed by atoms with van der Waals surface area (Å²) in [6, 6.07) is 22.1. The van der Waals surface area contributed by atoms with Crippen LogP contribution in [0.15, 0.2) is 72.8 Å². The number of aryl methyl sites for hydroxylation is 1. The first kappa shape index (κ1) is 20.9. The molecule has 0 unspecified atom stereocenters. The average Bonchev–Trinajstić information content (AvgIpc) is 2.73. The lowest BCUT2D eigenvalue weighted by molar-refractivity contribution is -0.118. The predicted octanol–water partition coefficient (Wildman–Crippen LogP) is 4.08. The third-order valence-corrected chi connectivity index (χ3v) is 4.33. The number of para-hydroxylation sites is 2. The van der Waals surface area contributed by atoms with Crippen molar-refractivity contribution in [1.82, 2.24) is 0 Å². The molecule has 0 atom stereocenters. The Morgan fingerprint density at radius 3 is 2.53 bits per heavy atom. The summed E-state index contributed by atoms with van der Waals surface area (Å²) in [7, 11) is 0. The second-order valence-electron chi connectivity index (χ2n) is 6.82. The third-order valence-electron chi connectivity index (χ3n) is 4.33. The van der Waals surface area contributed by atoms with Crippen LogP contribution in [0.2, 0.25) is 0 Å². The zero-order chi connectivity index (χ0) is 21.3. The van der Waals surface area contributed by atoms with Gasteiger partial charge in [0.1, 0.15) is 18.1 Å². The monoisotopic (exact) mass is 404 g/mol. The van der Waals surface area contributed by atoms with Crippen LogP contribution >= 0.6 is 0 Å². The summed E-state index contributed by atoms with van der Waals surface area (Å²) >= 11 is 0. The first-order valence-corrected chi connectivity index (χ1v) is 9.61. The Balaban J connectivity index is 1.65. The van der Waals surface area contributed by atoms with E-state index in [4.69, 9.17) is 15.2 Å². The van der Waals surface area contributed by atoms with Gasteiger partial charge in [-0.1, -0.05) is 48.0 Å². The molecule has 0 aliphatic carbocycles. The number of primary amides is 1. The first-order valence-electron chi connectivity index (χ1n) is 9.61. The van der Waals surface area contributed by atoms with E-state index in [1.165, 1.54) is 5.56 Å². The number of hydrogen-bond acceptors (Lipinski definition) is 4. The molecule has 2 amide bonds. The van der Waals surface area contributed by atoms with E-state index in [0.29, 0.717) is 29.4 Å². The van der Waals surface area contributed by atoms with Gasteiger partial charge in [-0.2, -0.15) is 0 Å². The smallest absolute Gasteiger partial charge is 0.255 e. The molecule has 30 heavy (non-hydrogen) atoms. The van der Waals surface area contributed by atoms with Crippen LogP contribution in [0.3, 0.4) is 0 Å². The van der Waals surface area contributed by atoms with Crippen molar-refractivity contribution in [1.29, 1.82) is 0 Å². The van der Waals surface area contributed by atoms with Crippen molar-refractivity contribution in [2.24, 2.45) is 5.73 Å². The van der Waals surface area contributed by atoms with E-state index in [2.05, 4.69) is 11.4 Å². The SMILES string of the molecule is Cc1cccc(COc2cccc(C(=O)Nc3ccccc3OCCC(N)=O)c2)c1. The quantitative estimate of drug-likeness (QED) is 0.562. The Morgan fingerprint density at radius 1 is 0.933 bits per heavy atom. The molecule has 0 saturated carbocycles. The highest BCUT2D eigenvalue weighted by Crippen LogP contribution is 2.25. The Morgan fingerprint density at radius 2 is 1.73 bits per heavy atom. The molecule has 154 valence electrons. The highest BCUT2D eigenvalue weighted by Gasteiger charge is 2.11. The van der Waals surface area contributed by atoms with Crippen LogP contribution in [-0.4, -0.2) is 18.4 Å². The van der Waals surface area contributed by atoms with Crippen LogP contribution in [0.1, 0.15) is 27.9 Å². The fourth-order valence-corrected chi connectivity index (χ4v) is 2.85. The van der Waals surface area contributed by atoms with Crippen molar-refractivity contribution in [2.45, 2.75) is 20.0 Å². The molecule has 6 nitrogen and oxygen atoms in total. The van der Waals surface area contributed by atoms with Crippen molar-refractivity contribution in [3.05, 3.63) is 89.5 Å². The summed E-state index contributed by atoms with van der Waals surface area (Å²) in [6.07, 6.45) is 0.0998. The molecular formula is C24H24N2O4. The van der Waals surface area contributed by atoms with Gasteiger partial charge in [0.25, 0.3) is 5.91 Å². The molecule has 0 bridgehead atoms. The molecule has 3 aromatic carbocycles. The molecule has 0 spiro atoms. The number of carbonyl (C=O) groups excluding carboxylic acids is 2. The molecule has 3 rings (SSSR count). The number of anilines is 1. The fourth-order valence-electron chi connectivity index (χ4n) is 2.85. The van der Waals surface area contributed by atoms with Gasteiger partial charge >= 0.3 is 0 Å². The van der Waals surface area contributed by atoms with Crippen LogP contribution in [0.5, 0.6) is 11.5 Å². The van der Waals surface area contributed by atoms with Gasteiger partial charge in [0, 0.05) is 5.56 Å². The number of nitrogens with two attached hydrogens (primary N) is 1. The van der Waals surface area contributed by atoms with E-state index in [1.807, 2.05) is 31.2 Å². The summed E-state index contributed by atoms with van der Waals surface area (Å²) in [5.74, 6) is 0.343. The maximum atomic E-state index is 12.7. The van der Waals surface area contributed by atoms with Crippen molar-refractivity contribution >= 4 is 17.5 Å². The maximum absolute atomic E-state index is 12.7. The lowest BCUT2D eigenvalue weighted by Gasteiger charge is -2.13. The van der Waals surface area contributed by atoms with E-state index in [1.54, 1.807) is 42.5 Å². The van der Waals surface area contributed by atoms with E-state index < -0.39 is 5.91 Å². The summed E-state index contributed by atoms with van der Waals surface area (Å²) in [6.45, 7) is 2.59. The van der Waals surface area contributed by atoms with E-state index in [0.717, 1.165) is 5.56 Å². The topological polar surface area (TPSA) is 90.7 Å². The Kier molecular flexibility index (Phi) is 7.05. The minimum Gasteiger partial charge on any atom is -0.491 e. The zero-order valence-electron chi connectivity index (χ0n) is 16.8. The van der Waals surface area contributed by atoms with Gasteiger partial charge < -0.3 is 20.5 Å². The fraction of sp³-hybridized carbons (Fsp3) is 0.167. The van der Waals surface area contributed by atoms with Crippen LogP contribution in [0, 0.1) is 6.92 Å². The second kappa shape index (κ2) is 10.1. The van der Waals surface area contributed by atoms with E-state index in [-0.39, 0.29) is 18.9 Å². The molecule has 0 aliphatic heterocycles. The summed E-state index contributed by atoms with van der Waals surface area (Å²) in [5.41, 5.74) is 8.34. The van der Waals surface area contributed by atoms with Gasteiger partial charge in [-0.3, -0.25) is 9.59 Å². The third kappa shape index (κ3) is 6.10. The first-order chi connectivity index (χ1) is 14.5. The summed E-state index contributed by atoms with van der Waals surface area (Å²) < 4.78 is 11.4. The zero-order valence-corrected chi connectivity index (χ0v) is 16.8. The van der Waals surface area contributed by atoms with E-state index >= 15 is 0 Å². The molecule has 3 aromatic rings. The molecule has 0 aromatic heterocycles. The molecule has 0 heterocycles. The van der Waals surface area contributed by atoms with Crippen molar-refractivity contribution in [3.63, 3.8) is 0 Å². The highest BCUT2D eigenvalue weighted by atomic mass is 16.5. The number of nitrogens with one attached hydrogen (secondary N) is 1. The van der Waals surface area contributed by atoms with Crippen LogP contribution < -0.4 is 20.5 Å². The van der Waals surface area contributed by atoms with Gasteiger partial charge in [-0.05, 0) is 42.8 Å². The second-order valence-corrected chi connectivity index (χ2v) is 6.82. The van der Waals surface area contributed by atoms with Gasteiger partial charge in [-0.25, -0.2) is 0 Å². The Hall–Kier alpha value is -3.80. The molecular weight excluding hydrogens is 380 g/mol. The van der Waals surface area contributed by atoms with Crippen LogP contribution in [-0.2, 0) is 11.4 Å². The standard InChI is InChI=1S/C24H24N2O4/c1-17-6-4-7-18(14-17)16-30-20-9-5-8-19(15-20)24(28)26-21-10-2-3-11-22(21)29-13-12-23(25)27/h2-11,14-15H,12-13,16H2,1H3,(H2,25,27)(H,26,28). The number of amides is 2. The van der Waals surface area contributed by atoms with E-state index in [9.17, 15) is 9.59 Å². The highest BCUT2D eigenvalue weighted by molar-refractivity contribution is 6.05. The minimum atomic E-state index is -0.445. The molecule has 0 aliphatic rings. The lowest BCUT2D eigenvalue weighted by atomic mass is 10.1. The minimum absolute atomic E-state index is 0.0998. The number of rotatable bonds is 9. The molecule has 6 heteroatoms. The maximum Gasteiger partial charge on any atom is 0.255 e. The van der Waals surface area contributed by atoms with Gasteiger partial charge in [0.2, 0.25) is 5.91 Å². The van der Waals surface area contributed by atoms with Gasteiger partial charge in [0.05, 0.1) is 18.7 Å². The molecule has 3 N–H and O–H groups in total. The van der Waals surface area contributed by atoms with Crippen LogP contribution in [0.25, 0.3) is 0 Å². The Bertz CT molecular complexity index is 1030.